The molecule has 0 saturated heterocycles. The van der Waals surface area contributed by atoms with Gasteiger partial charge in [-0.05, 0) is 38.5 Å². The molecule has 1 aromatic rings. The van der Waals surface area contributed by atoms with Crippen molar-refractivity contribution in [2.75, 3.05) is 13.3 Å². The van der Waals surface area contributed by atoms with Gasteiger partial charge in [0.1, 0.15) is 11.6 Å². The summed E-state index contributed by atoms with van der Waals surface area (Å²) in [7, 11) is -1.80. The number of benzene rings is 1. The predicted octanol–water partition coefficient (Wildman–Crippen LogP) is 2.65. The zero-order valence-electron chi connectivity index (χ0n) is 13.8. The molecule has 2 unspecified atom stereocenters. The highest BCUT2D eigenvalue weighted by molar-refractivity contribution is 7.91. The first kappa shape index (κ1) is 19.3. The summed E-state index contributed by atoms with van der Waals surface area (Å²) in [6.07, 6.45) is 2.32. The number of nitrogens with zero attached hydrogens (tertiary/aromatic N) is 1. The minimum absolute atomic E-state index is 0.122. The van der Waals surface area contributed by atoms with Crippen LogP contribution in [0.4, 0.5) is 8.78 Å². The van der Waals surface area contributed by atoms with E-state index in [1.165, 1.54) is 37.9 Å². The standard InChI is InChI=1S/C16H21F2NO3S/c1-10(14-7-6-13(17)9-15(14)18)8-16(20)19(4)11(2)12(3)23(5,21)22/h6-9,11-12H,1-5H3/b10-8+. The van der Waals surface area contributed by atoms with E-state index in [1.807, 2.05) is 0 Å². The maximum atomic E-state index is 13.7. The van der Waals surface area contributed by atoms with Crippen molar-refractivity contribution in [2.24, 2.45) is 0 Å². The van der Waals surface area contributed by atoms with Gasteiger partial charge in [0.2, 0.25) is 5.91 Å². The lowest BCUT2D eigenvalue weighted by molar-refractivity contribution is -0.126. The van der Waals surface area contributed by atoms with E-state index >= 15 is 0 Å². The Morgan fingerprint density at radius 2 is 1.83 bits per heavy atom. The van der Waals surface area contributed by atoms with E-state index in [9.17, 15) is 22.0 Å². The van der Waals surface area contributed by atoms with Crippen molar-refractivity contribution in [3.05, 3.63) is 41.5 Å². The van der Waals surface area contributed by atoms with Crippen LogP contribution in [0.25, 0.3) is 5.57 Å². The number of likely N-dealkylation sites (N-methyl/N-ethyl adjacent to an activating group) is 1. The van der Waals surface area contributed by atoms with Crippen LogP contribution in [0.2, 0.25) is 0 Å². The average molecular weight is 345 g/mol. The zero-order valence-corrected chi connectivity index (χ0v) is 14.6. The molecule has 0 aliphatic heterocycles. The van der Waals surface area contributed by atoms with Crippen LogP contribution in [0.5, 0.6) is 0 Å². The molecule has 0 heterocycles. The number of halogens is 2. The lowest BCUT2D eigenvalue weighted by Gasteiger charge is -2.28. The van der Waals surface area contributed by atoms with Crippen LogP contribution in [-0.4, -0.2) is 43.8 Å². The smallest absolute Gasteiger partial charge is 0.246 e. The molecule has 0 aliphatic rings. The van der Waals surface area contributed by atoms with Gasteiger partial charge < -0.3 is 4.90 Å². The van der Waals surface area contributed by atoms with E-state index in [4.69, 9.17) is 0 Å². The zero-order chi connectivity index (χ0) is 17.9. The molecule has 1 rings (SSSR count). The molecule has 0 spiro atoms. The summed E-state index contributed by atoms with van der Waals surface area (Å²) >= 11 is 0. The van der Waals surface area contributed by atoms with Crippen LogP contribution in [0.15, 0.2) is 24.3 Å². The van der Waals surface area contributed by atoms with Crippen LogP contribution in [0, 0.1) is 11.6 Å². The van der Waals surface area contributed by atoms with Crippen LogP contribution in [-0.2, 0) is 14.6 Å². The third-order valence-corrected chi connectivity index (χ3v) is 5.75. The molecule has 0 radical (unpaired) electrons. The molecule has 1 amide bonds. The number of hydrogen-bond acceptors (Lipinski definition) is 3. The number of allylic oxidation sites excluding steroid dienone is 1. The Balaban J connectivity index is 3.00. The van der Waals surface area contributed by atoms with E-state index in [-0.39, 0.29) is 5.56 Å². The third kappa shape index (κ3) is 4.86. The van der Waals surface area contributed by atoms with Crippen molar-refractivity contribution < 1.29 is 22.0 Å². The van der Waals surface area contributed by atoms with E-state index in [1.54, 1.807) is 6.92 Å². The van der Waals surface area contributed by atoms with Crippen molar-refractivity contribution in [3.8, 4) is 0 Å². The second-order valence-electron chi connectivity index (χ2n) is 5.68. The minimum Gasteiger partial charge on any atom is -0.338 e. The molecule has 0 N–H and O–H groups in total. The maximum Gasteiger partial charge on any atom is 0.246 e. The molecule has 0 saturated carbocycles. The van der Waals surface area contributed by atoms with Gasteiger partial charge in [-0.25, -0.2) is 17.2 Å². The summed E-state index contributed by atoms with van der Waals surface area (Å²) in [5.41, 5.74) is 0.454. The highest BCUT2D eigenvalue weighted by Crippen LogP contribution is 2.19. The SMILES string of the molecule is C/C(=C\C(=O)N(C)C(C)C(C)S(C)(=O)=O)c1ccc(F)cc1F. The van der Waals surface area contributed by atoms with Gasteiger partial charge in [0.05, 0.1) is 5.25 Å². The van der Waals surface area contributed by atoms with E-state index < -0.39 is 38.7 Å². The second kappa shape index (κ2) is 7.21. The molecule has 128 valence electrons. The molecule has 1 aromatic carbocycles. The highest BCUT2D eigenvalue weighted by Gasteiger charge is 2.27. The molecule has 2 atom stereocenters. The topological polar surface area (TPSA) is 54.5 Å². The molecule has 0 bridgehead atoms. The lowest BCUT2D eigenvalue weighted by atomic mass is 10.1. The third-order valence-electron chi connectivity index (χ3n) is 4.01. The van der Waals surface area contributed by atoms with E-state index in [2.05, 4.69) is 0 Å². The van der Waals surface area contributed by atoms with Crippen molar-refractivity contribution >= 4 is 21.3 Å². The fourth-order valence-corrected chi connectivity index (χ4v) is 2.95. The Morgan fingerprint density at radius 1 is 1.26 bits per heavy atom. The lowest BCUT2D eigenvalue weighted by Crippen LogP contribution is -2.43. The Morgan fingerprint density at radius 3 is 2.30 bits per heavy atom. The minimum atomic E-state index is -3.29. The normalized spacial score (nSPS) is 15.2. The summed E-state index contributed by atoms with van der Waals surface area (Å²) < 4.78 is 49.8. The monoisotopic (exact) mass is 345 g/mol. The van der Waals surface area contributed by atoms with Crippen LogP contribution in [0.3, 0.4) is 0 Å². The first-order valence-corrected chi connectivity index (χ1v) is 9.00. The van der Waals surface area contributed by atoms with Crippen molar-refractivity contribution in [2.45, 2.75) is 32.1 Å². The molecule has 0 aliphatic carbocycles. The fourth-order valence-electron chi connectivity index (χ4n) is 2.05. The molecular formula is C16H21F2NO3S. The largest absolute Gasteiger partial charge is 0.338 e. The van der Waals surface area contributed by atoms with E-state index in [0.29, 0.717) is 5.57 Å². The fraction of sp³-hybridized carbons (Fsp3) is 0.438. The van der Waals surface area contributed by atoms with Gasteiger partial charge in [-0.1, -0.05) is 0 Å². The quantitative estimate of drug-likeness (QED) is 0.771. The second-order valence-corrected chi connectivity index (χ2v) is 8.08. The summed E-state index contributed by atoms with van der Waals surface area (Å²) in [6.45, 7) is 4.69. The Labute approximate surface area is 135 Å². The van der Waals surface area contributed by atoms with Crippen LogP contribution < -0.4 is 0 Å². The summed E-state index contributed by atoms with van der Waals surface area (Å²) in [6, 6.07) is 2.57. The maximum absolute atomic E-state index is 13.7. The summed E-state index contributed by atoms with van der Waals surface area (Å²) in [5, 5.41) is -0.729. The van der Waals surface area contributed by atoms with Crippen LogP contribution in [0.1, 0.15) is 26.3 Å². The van der Waals surface area contributed by atoms with Gasteiger partial charge in [-0.15, -0.1) is 0 Å². The molecule has 0 aromatic heterocycles. The molecule has 7 heteroatoms. The summed E-state index contributed by atoms with van der Waals surface area (Å²) in [5.74, 6) is -1.90. The summed E-state index contributed by atoms with van der Waals surface area (Å²) in [4.78, 5) is 13.5. The Bertz CT molecular complexity index is 729. The highest BCUT2D eigenvalue weighted by atomic mass is 32.2. The van der Waals surface area contributed by atoms with Crippen molar-refractivity contribution in [1.29, 1.82) is 0 Å². The number of carbonyl (C=O) groups excluding carboxylic acids is 1. The number of rotatable bonds is 5. The van der Waals surface area contributed by atoms with Crippen molar-refractivity contribution in [3.63, 3.8) is 0 Å². The predicted molar refractivity (Wildman–Crippen MR) is 86.5 cm³/mol. The number of carbonyl (C=O) groups is 1. The molecule has 23 heavy (non-hydrogen) atoms. The van der Waals surface area contributed by atoms with E-state index in [0.717, 1.165) is 18.4 Å². The number of sulfone groups is 1. The van der Waals surface area contributed by atoms with Gasteiger partial charge in [0, 0.05) is 37.1 Å². The van der Waals surface area contributed by atoms with Crippen LogP contribution >= 0.6 is 0 Å². The van der Waals surface area contributed by atoms with Gasteiger partial charge in [-0.3, -0.25) is 4.79 Å². The first-order chi connectivity index (χ1) is 10.4. The number of amides is 1. The van der Waals surface area contributed by atoms with Crippen molar-refractivity contribution in [1.82, 2.24) is 4.90 Å². The van der Waals surface area contributed by atoms with Gasteiger partial charge in [0.25, 0.3) is 0 Å². The number of hydrogen-bond donors (Lipinski definition) is 0. The Hall–Kier alpha value is -1.76. The molecule has 0 fully saturated rings. The Kier molecular flexibility index (Phi) is 6.04. The first-order valence-electron chi connectivity index (χ1n) is 7.04. The van der Waals surface area contributed by atoms with Gasteiger partial charge in [0.15, 0.2) is 9.84 Å². The average Bonchev–Trinajstić information content (AvgIpc) is 2.43. The molecular weight excluding hydrogens is 324 g/mol. The molecule has 4 nitrogen and oxygen atoms in total. The van der Waals surface area contributed by atoms with Gasteiger partial charge in [-0.2, -0.15) is 0 Å². The van der Waals surface area contributed by atoms with Gasteiger partial charge >= 0.3 is 0 Å².